The quantitative estimate of drug-likeness (QED) is 0.186. The van der Waals surface area contributed by atoms with Crippen LogP contribution in [-0.4, -0.2) is 52.6 Å². The van der Waals surface area contributed by atoms with Gasteiger partial charge in [-0.05, 0) is 101 Å². The van der Waals surface area contributed by atoms with Gasteiger partial charge in [-0.1, -0.05) is 89.9 Å². The fourth-order valence-corrected chi connectivity index (χ4v) is 10.8. The minimum absolute atomic E-state index is 0.0436. The minimum Gasteiger partial charge on any atom is -0.506 e. The molecule has 0 aromatic heterocycles. The molecule has 0 saturated heterocycles. The average Bonchev–Trinajstić information content (AvgIpc) is 3.97. The van der Waals surface area contributed by atoms with Gasteiger partial charge in [-0.2, -0.15) is 5.10 Å². The smallest absolute Gasteiger partial charge is 0.277 e. The molecular weight excluding hydrogens is 661 g/mol. The summed E-state index contributed by atoms with van der Waals surface area (Å²) >= 11 is 0. The second-order valence-electron chi connectivity index (χ2n) is 17.1. The molecule has 6 aliphatic rings. The predicted molar refractivity (Wildman–Crippen MR) is 214 cm³/mol. The molecule has 1 heterocycles. The van der Waals surface area contributed by atoms with Crippen LogP contribution in [0.5, 0.6) is 0 Å². The Morgan fingerprint density at radius 2 is 1.36 bits per heavy atom. The van der Waals surface area contributed by atoms with Gasteiger partial charge in [0.05, 0.1) is 34.2 Å². The average molecular weight is 725 g/mol. The summed E-state index contributed by atoms with van der Waals surface area (Å²) in [4.78, 5) is 44.8. The topological polar surface area (TPSA) is 102 Å². The zero-order valence-corrected chi connectivity index (χ0v) is 32.6. The molecule has 2 amide bonds. The standard InChI is InChI=1S/C45H64N4O4/c1-3-48(4-2)34-25-26-35(37(29-34)46-38(50)28-24-31-17-13-14-18-31)39-43(51)41(44(39)52)40-36(27-23-30-15-11-12-16-30)47-49(45(40)53)42(32-19-7-5-8-20-32)33-21-9-6-10-22-33/h25-26,29-33,42,51H,3-24,27-28H2,1-2H3,(H,46,50). The van der Waals surface area contributed by atoms with Crippen molar-refractivity contribution in [1.29, 1.82) is 0 Å². The predicted octanol–water partition coefficient (Wildman–Crippen LogP) is 10.3. The number of hydrogen-bond acceptors (Lipinski definition) is 6. The van der Waals surface area contributed by atoms with Crippen LogP contribution in [0.4, 0.5) is 11.4 Å². The van der Waals surface area contributed by atoms with E-state index in [0.717, 1.165) is 57.3 Å². The third-order valence-corrected chi connectivity index (χ3v) is 13.9. The van der Waals surface area contributed by atoms with E-state index in [4.69, 9.17) is 5.10 Å². The maximum absolute atomic E-state index is 14.8. The number of aliphatic hydroxyl groups excluding tert-OH is 1. The third-order valence-electron chi connectivity index (χ3n) is 13.9. The first-order chi connectivity index (χ1) is 25.9. The van der Waals surface area contributed by atoms with Crippen LogP contribution in [0.15, 0.2) is 40.2 Å². The zero-order chi connectivity index (χ0) is 36.9. The summed E-state index contributed by atoms with van der Waals surface area (Å²) in [5, 5.41) is 22.1. The van der Waals surface area contributed by atoms with Gasteiger partial charge >= 0.3 is 0 Å². The fourth-order valence-electron chi connectivity index (χ4n) is 10.8. The molecule has 1 aromatic rings. The van der Waals surface area contributed by atoms with Crippen molar-refractivity contribution in [3.05, 3.63) is 40.7 Å². The molecule has 4 saturated carbocycles. The Morgan fingerprint density at radius 3 is 1.92 bits per heavy atom. The highest BCUT2D eigenvalue weighted by atomic mass is 16.3. The first kappa shape index (κ1) is 37.9. The summed E-state index contributed by atoms with van der Waals surface area (Å²) < 4.78 is 0. The number of benzene rings is 1. The van der Waals surface area contributed by atoms with Gasteiger partial charge in [-0.3, -0.25) is 14.4 Å². The van der Waals surface area contributed by atoms with Gasteiger partial charge in [0.15, 0.2) is 0 Å². The second-order valence-corrected chi connectivity index (χ2v) is 17.1. The number of anilines is 2. The number of hydrogen-bond donors (Lipinski definition) is 2. The Labute approximate surface area is 317 Å². The van der Waals surface area contributed by atoms with Crippen molar-refractivity contribution in [2.24, 2.45) is 28.8 Å². The lowest BCUT2D eigenvalue weighted by atomic mass is 9.73. The molecule has 5 aliphatic carbocycles. The number of ketones is 1. The lowest BCUT2D eigenvalue weighted by molar-refractivity contribution is -0.131. The minimum atomic E-state index is -0.329. The van der Waals surface area contributed by atoms with E-state index < -0.39 is 0 Å². The molecule has 8 nitrogen and oxygen atoms in total. The van der Waals surface area contributed by atoms with E-state index in [-0.39, 0.29) is 40.5 Å². The summed E-state index contributed by atoms with van der Waals surface area (Å²) in [6.45, 7) is 5.80. The molecule has 8 heteroatoms. The number of rotatable bonds is 14. The number of Topliss-reactive ketones (excluding diaryl/α,β-unsaturated/α-hetero) is 1. The SMILES string of the molecule is CCN(CC)c1ccc(C2=C(O)C(=C3C(=O)N(C(C4CCCCC4)C4CCCCC4)N=C3CCC3CCCC3)C2=O)c(NC(=O)CCC2CCCC2)c1. The summed E-state index contributed by atoms with van der Waals surface area (Å²) in [6, 6.07) is 5.79. The van der Waals surface area contributed by atoms with Crippen molar-refractivity contribution in [2.45, 2.75) is 161 Å². The molecule has 0 radical (unpaired) electrons. The number of carbonyl (C=O) groups is 3. The summed E-state index contributed by atoms with van der Waals surface area (Å²) in [5.41, 5.74) is 3.31. The molecule has 1 aromatic carbocycles. The van der Waals surface area contributed by atoms with E-state index in [1.54, 1.807) is 0 Å². The second kappa shape index (κ2) is 17.4. The molecule has 4 fully saturated rings. The molecule has 1 aliphatic heterocycles. The molecule has 0 spiro atoms. The number of nitrogens with zero attached hydrogens (tertiary/aromatic N) is 3. The molecular formula is C45H64N4O4. The summed E-state index contributed by atoms with van der Waals surface area (Å²) in [7, 11) is 0. The lowest BCUT2D eigenvalue weighted by Crippen LogP contribution is -2.46. The van der Waals surface area contributed by atoms with Crippen LogP contribution in [0, 0.1) is 23.7 Å². The number of allylic oxidation sites excluding steroid dienone is 2. The van der Waals surface area contributed by atoms with Gasteiger partial charge in [0, 0.05) is 30.8 Å². The van der Waals surface area contributed by atoms with Crippen LogP contribution in [-0.2, 0) is 14.4 Å². The van der Waals surface area contributed by atoms with Crippen molar-refractivity contribution < 1.29 is 19.5 Å². The Bertz CT molecular complexity index is 1580. The van der Waals surface area contributed by atoms with E-state index >= 15 is 0 Å². The van der Waals surface area contributed by atoms with Crippen molar-refractivity contribution >= 4 is 40.3 Å². The highest BCUT2D eigenvalue weighted by molar-refractivity contribution is 6.44. The highest BCUT2D eigenvalue weighted by Crippen LogP contribution is 2.46. The number of carbonyl (C=O) groups excluding carboxylic acids is 3. The Hall–Kier alpha value is -3.42. The van der Waals surface area contributed by atoms with E-state index in [9.17, 15) is 19.5 Å². The van der Waals surface area contributed by atoms with Crippen LogP contribution < -0.4 is 10.2 Å². The molecule has 0 atom stereocenters. The molecule has 0 bridgehead atoms. The van der Waals surface area contributed by atoms with Gasteiger partial charge in [-0.25, -0.2) is 5.01 Å². The van der Waals surface area contributed by atoms with E-state index in [1.807, 2.05) is 23.2 Å². The highest BCUT2D eigenvalue weighted by Gasteiger charge is 2.48. The van der Waals surface area contributed by atoms with Gasteiger partial charge in [-0.15, -0.1) is 0 Å². The summed E-state index contributed by atoms with van der Waals surface area (Å²) in [6.07, 6.45) is 24.4. The fraction of sp³-hybridized carbons (Fsp3) is 0.689. The number of nitrogens with one attached hydrogen (secondary N) is 1. The Morgan fingerprint density at radius 1 is 0.792 bits per heavy atom. The Kier molecular flexibility index (Phi) is 12.4. The van der Waals surface area contributed by atoms with Gasteiger partial charge in [0.1, 0.15) is 5.76 Å². The largest absolute Gasteiger partial charge is 0.506 e. The van der Waals surface area contributed by atoms with Crippen LogP contribution in [0.2, 0.25) is 0 Å². The zero-order valence-electron chi connectivity index (χ0n) is 32.6. The van der Waals surface area contributed by atoms with Crippen molar-refractivity contribution in [3.8, 4) is 0 Å². The maximum Gasteiger partial charge on any atom is 0.277 e. The molecule has 53 heavy (non-hydrogen) atoms. The maximum atomic E-state index is 14.8. The van der Waals surface area contributed by atoms with E-state index in [0.29, 0.717) is 59.0 Å². The van der Waals surface area contributed by atoms with Crippen molar-refractivity contribution in [1.82, 2.24) is 5.01 Å². The Balaban J connectivity index is 1.23. The van der Waals surface area contributed by atoms with Crippen LogP contribution in [0.3, 0.4) is 0 Å². The van der Waals surface area contributed by atoms with Crippen molar-refractivity contribution in [3.63, 3.8) is 0 Å². The normalized spacial score (nSPS) is 23.8. The van der Waals surface area contributed by atoms with Crippen LogP contribution in [0.25, 0.3) is 5.57 Å². The molecule has 7 rings (SSSR count). The van der Waals surface area contributed by atoms with E-state index in [2.05, 4.69) is 24.1 Å². The van der Waals surface area contributed by atoms with Gasteiger partial charge in [0.2, 0.25) is 11.7 Å². The number of amides is 2. The summed E-state index contributed by atoms with van der Waals surface area (Å²) in [5.74, 6) is 1.31. The first-order valence-electron chi connectivity index (χ1n) is 21.7. The van der Waals surface area contributed by atoms with E-state index in [1.165, 1.54) is 89.9 Å². The molecule has 0 unspecified atom stereocenters. The van der Waals surface area contributed by atoms with Gasteiger partial charge in [0.25, 0.3) is 5.91 Å². The van der Waals surface area contributed by atoms with Gasteiger partial charge < -0.3 is 15.3 Å². The van der Waals surface area contributed by atoms with Crippen LogP contribution in [0.1, 0.15) is 161 Å². The van der Waals surface area contributed by atoms with Crippen LogP contribution >= 0.6 is 0 Å². The third kappa shape index (κ3) is 8.17. The lowest BCUT2D eigenvalue weighted by Gasteiger charge is -2.41. The van der Waals surface area contributed by atoms with Crippen molar-refractivity contribution in [2.75, 3.05) is 23.3 Å². The monoisotopic (exact) mass is 724 g/mol. The number of aliphatic hydroxyl groups is 1. The number of hydrazone groups is 1. The molecule has 288 valence electrons. The first-order valence-corrected chi connectivity index (χ1v) is 21.7. The molecule has 2 N–H and O–H groups in total.